The van der Waals surface area contributed by atoms with Gasteiger partial charge in [-0.3, -0.25) is 4.79 Å². The summed E-state index contributed by atoms with van der Waals surface area (Å²) in [5.74, 6) is 0.315. The summed E-state index contributed by atoms with van der Waals surface area (Å²) in [4.78, 5) is 14.5. The van der Waals surface area contributed by atoms with Crippen molar-refractivity contribution >= 4 is 18.1 Å². The van der Waals surface area contributed by atoms with Crippen molar-refractivity contribution in [3.05, 3.63) is 70.8 Å². The van der Waals surface area contributed by atoms with Crippen LogP contribution in [0.15, 0.2) is 48.5 Å². The molecular weight excluding hydrogens is 346 g/mol. The smallest absolute Gasteiger partial charge is 0.240 e. The number of nitrogens with one attached hydrogen (secondary N) is 1. The fourth-order valence-electron chi connectivity index (χ4n) is 4.35. The summed E-state index contributed by atoms with van der Waals surface area (Å²) in [7, 11) is 0. The van der Waals surface area contributed by atoms with Crippen molar-refractivity contribution in [1.29, 1.82) is 0 Å². The fourth-order valence-corrected chi connectivity index (χ4v) is 4.35. The van der Waals surface area contributed by atoms with Crippen LogP contribution < -0.4 is 11.1 Å². The average molecular weight is 376 g/mol. The van der Waals surface area contributed by atoms with Gasteiger partial charge in [0.25, 0.3) is 0 Å². The Morgan fingerprint density at radius 3 is 2.14 bits per heavy atom. The van der Waals surface area contributed by atoms with Crippen LogP contribution in [0.3, 0.4) is 0 Å². The molecule has 4 nitrogen and oxygen atoms in total. The molecule has 1 saturated heterocycles. The fraction of sp³-hybridized carbons (Fsp3) is 0.375. The molecule has 0 spiro atoms. The van der Waals surface area contributed by atoms with Gasteiger partial charge in [0.1, 0.15) is 0 Å². The van der Waals surface area contributed by atoms with Gasteiger partial charge >= 0.3 is 0 Å². The molecule has 4 heteroatoms. The van der Waals surface area contributed by atoms with Crippen LogP contribution in [-0.4, -0.2) is 43.0 Å². The van der Waals surface area contributed by atoms with E-state index in [1.165, 1.54) is 28.7 Å². The van der Waals surface area contributed by atoms with Crippen LogP contribution >= 0.6 is 0 Å². The first-order valence-electron chi connectivity index (χ1n) is 10.3. The molecule has 0 bridgehead atoms. The van der Waals surface area contributed by atoms with Crippen molar-refractivity contribution in [3.63, 3.8) is 0 Å². The van der Waals surface area contributed by atoms with E-state index in [1.807, 2.05) is 4.90 Å². The standard InChI is InChI=1S/C24H29N3O/c25-23(24(28)27-14-6-1-7-15-27)17-26-16-22-20-10-4-2-8-18(20)12-13-19-9-3-5-11-21(19)22/h2-5,8-13,22-23,26H,1,6-7,14-17,25H2. The van der Waals surface area contributed by atoms with Crippen molar-refractivity contribution in [1.82, 2.24) is 10.2 Å². The molecule has 2 aliphatic rings. The third kappa shape index (κ3) is 4.03. The molecule has 0 radical (unpaired) electrons. The van der Waals surface area contributed by atoms with Gasteiger partial charge in [0.15, 0.2) is 0 Å². The highest BCUT2D eigenvalue weighted by Gasteiger charge is 2.24. The first-order valence-corrected chi connectivity index (χ1v) is 10.3. The van der Waals surface area contributed by atoms with E-state index in [2.05, 4.69) is 66.0 Å². The molecule has 0 saturated carbocycles. The number of carbonyl (C=O) groups is 1. The second-order valence-electron chi connectivity index (χ2n) is 7.79. The number of fused-ring (bicyclic) bond motifs is 2. The molecule has 4 rings (SSSR count). The number of nitrogens with zero attached hydrogens (tertiary/aromatic N) is 1. The predicted molar refractivity (Wildman–Crippen MR) is 115 cm³/mol. The van der Waals surface area contributed by atoms with Gasteiger partial charge in [-0.05, 0) is 41.5 Å². The zero-order valence-corrected chi connectivity index (χ0v) is 16.3. The van der Waals surface area contributed by atoms with Gasteiger partial charge in [-0.1, -0.05) is 60.7 Å². The van der Waals surface area contributed by atoms with Crippen molar-refractivity contribution in [2.24, 2.45) is 5.73 Å². The highest BCUT2D eigenvalue weighted by atomic mass is 16.2. The summed E-state index contributed by atoms with van der Waals surface area (Å²) in [6.07, 6.45) is 7.79. The van der Waals surface area contributed by atoms with Crippen molar-refractivity contribution < 1.29 is 4.79 Å². The summed E-state index contributed by atoms with van der Waals surface area (Å²) < 4.78 is 0. The third-order valence-corrected chi connectivity index (χ3v) is 5.88. The molecule has 1 atom stereocenters. The van der Waals surface area contributed by atoms with E-state index in [-0.39, 0.29) is 11.8 Å². The SMILES string of the molecule is NC(CNCC1c2ccccc2C=Cc2ccccc21)C(=O)N1CCCCC1. The van der Waals surface area contributed by atoms with E-state index >= 15 is 0 Å². The number of piperidine rings is 1. The van der Waals surface area contributed by atoms with Crippen molar-refractivity contribution in [3.8, 4) is 0 Å². The van der Waals surface area contributed by atoms with Crippen LogP contribution in [0.25, 0.3) is 12.2 Å². The number of carbonyl (C=O) groups excluding carboxylic acids is 1. The summed E-state index contributed by atoms with van der Waals surface area (Å²) in [6, 6.07) is 16.6. The first-order chi connectivity index (χ1) is 13.7. The molecule has 1 aliphatic carbocycles. The van der Waals surface area contributed by atoms with Crippen LogP contribution in [0.5, 0.6) is 0 Å². The van der Waals surface area contributed by atoms with E-state index < -0.39 is 6.04 Å². The van der Waals surface area contributed by atoms with Crippen molar-refractivity contribution in [2.45, 2.75) is 31.2 Å². The molecule has 3 N–H and O–H groups in total. The van der Waals surface area contributed by atoms with E-state index in [0.29, 0.717) is 6.54 Å². The number of hydrogen-bond donors (Lipinski definition) is 2. The number of amides is 1. The van der Waals surface area contributed by atoms with Gasteiger partial charge in [-0.15, -0.1) is 0 Å². The van der Waals surface area contributed by atoms with Crippen LogP contribution in [-0.2, 0) is 4.79 Å². The van der Waals surface area contributed by atoms with Crippen LogP contribution in [0.4, 0.5) is 0 Å². The quantitative estimate of drug-likeness (QED) is 0.844. The van der Waals surface area contributed by atoms with Gasteiger partial charge in [-0.25, -0.2) is 0 Å². The Morgan fingerprint density at radius 2 is 1.54 bits per heavy atom. The molecule has 146 valence electrons. The lowest BCUT2D eigenvalue weighted by atomic mass is 9.87. The summed E-state index contributed by atoms with van der Waals surface area (Å²) >= 11 is 0. The molecule has 28 heavy (non-hydrogen) atoms. The molecule has 1 unspecified atom stereocenters. The molecule has 0 aromatic heterocycles. The lowest BCUT2D eigenvalue weighted by molar-refractivity contribution is -0.133. The summed E-state index contributed by atoms with van der Waals surface area (Å²) in [5.41, 5.74) is 11.3. The maximum absolute atomic E-state index is 12.6. The zero-order valence-electron chi connectivity index (χ0n) is 16.3. The molecule has 1 aliphatic heterocycles. The largest absolute Gasteiger partial charge is 0.341 e. The van der Waals surface area contributed by atoms with Gasteiger partial charge in [-0.2, -0.15) is 0 Å². The number of rotatable bonds is 5. The van der Waals surface area contributed by atoms with E-state index in [9.17, 15) is 4.79 Å². The Kier molecular flexibility index (Phi) is 5.89. The lowest BCUT2D eigenvalue weighted by Gasteiger charge is -2.29. The highest BCUT2D eigenvalue weighted by Crippen LogP contribution is 2.33. The van der Waals surface area contributed by atoms with Gasteiger partial charge < -0.3 is 16.0 Å². The molecule has 1 amide bonds. The molecule has 1 fully saturated rings. The Balaban J connectivity index is 1.45. The molecule has 2 aromatic carbocycles. The Bertz CT molecular complexity index is 805. The van der Waals surface area contributed by atoms with Crippen LogP contribution in [0, 0.1) is 0 Å². The molecule has 2 aromatic rings. The van der Waals surface area contributed by atoms with Gasteiger partial charge in [0.2, 0.25) is 5.91 Å². The Hall–Kier alpha value is -2.43. The maximum atomic E-state index is 12.6. The van der Waals surface area contributed by atoms with E-state index in [0.717, 1.165) is 32.5 Å². The van der Waals surface area contributed by atoms with Crippen molar-refractivity contribution in [2.75, 3.05) is 26.2 Å². The second-order valence-corrected chi connectivity index (χ2v) is 7.79. The minimum Gasteiger partial charge on any atom is -0.341 e. The number of likely N-dealkylation sites (tertiary alicyclic amines) is 1. The van der Waals surface area contributed by atoms with Gasteiger partial charge in [0.05, 0.1) is 6.04 Å². The predicted octanol–water partition coefficient (Wildman–Crippen LogP) is 3.23. The summed E-state index contributed by atoms with van der Waals surface area (Å²) in [6.45, 7) is 2.96. The lowest BCUT2D eigenvalue weighted by Crippen LogP contribution is -2.50. The average Bonchev–Trinajstić information content (AvgIpc) is 2.91. The van der Waals surface area contributed by atoms with Crippen LogP contribution in [0.1, 0.15) is 47.4 Å². The topological polar surface area (TPSA) is 58.4 Å². The Labute approximate surface area is 167 Å². The Morgan fingerprint density at radius 1 is 0.964 bits per heavy atom. The summed E-state index contributed by atoms with van der Waals surface area (Å²) in [5, 5.41) is 3.48. The second kappa shape index (κ2) is 8.72. The maximum Gasteiger partial charge on any atom is 0.240 e. The first kappa shape index (κ1) is 18.9. The van der Waals surface area contributed by atoms with Crippen LogP contribution in [0.2, 0.25) is 0 Å². The normalized spacial score (nSPS) is 17.5. The number of nitrogens with two attached hydrogens (primary N) is 1. The minimum absolute atomic E-state index is 0.0792. The highest BCUT2D eigenvalue weighted by molar-refractivity contribution is 5.82. The zero-order chi connectivity index (χ0) is 19.3. The molecular formula is C24H29N3O. The van der Waals surface area contributed by atoms with Gasteiger partial charge in [0, 0.05) is 32.1 Å². The minimum atomic E-state index is -0.479. The molecule has 1 heterocycles. The third-order valence-electron chi connectivity index (χ3n) is 5.88. The van der Waals surface area contributed by atoms with E-state index in [1.54, 1.807) is 0 Å². The number of benzene rings is 2. The number of hydrogen-bond acceptors (Lipinski definition) is 3. The van der Waals surface area contributed by atoms with E-state index in [4.69, 9.17) is 5.73 Å². The monoisotopic (exact) mass is 375 g/mol.